The SMILES string of the molecule is COc1cc(Br)cc(CN2CCCCC2C(C)O)c1O. The normalized spacial score (nSPS) is 21.7. The number of aliphatic hydroxyl groups excluding tert-OH is 1. The van der Waals surface area contributed by atoms with Crippen molar-refractivity contribution in [2.75, 3.05) is 13.7 Å². The zero-order valence-corrected chi connectivity index (χ0v) is 13.6. The van der Waals surface area contributed by atoms with Crippen molar-refractivity contribution in [1.82, 2.24) is 4.90 Å². The van der Waals surface area contributed by atoms with E-state index in [1.165, 1.54) is 0 Å². The summed E-state index contributed by atoms with van der Waals surface area (Å²) in [6.07, 6.45) is 2.94. The van der Waals surface area contributed by atoms with Crippen LogP contribution in [0.5, 0.6) is 11.5 Å². The van der Waals surface area contributed by atoms with Crippen molar-refractivity contribution in [3.8, 4) is 11.5 Å². The molecule has 1 aliphatic heterocycles. The smallest absolute Gasteiger partial charge is 0.162 e. The van der Waals surface area contributed by atoms with Crippen LogP contribution >= 0.6 is 15.9 Å². The molecule has 1 heterocycles. The van der Waals surface area contributed by atoms with E-state index >= 15 is 0 Å². The number of halogens is 1. The molecule has 4 nitrogen and oxygen atoms in total. The fraction of sp³-hybridized carbons (Fsp3) is 0.600. The number of rotatable bonds is 4. The lowest BCUT2D eigenvalue weighted by Gasteiger charge is -2.37. The molecule has 2 N–H and O–H groups in total. The van der Waals surface area contributed by atoms with Gasteiger partial charge in [-0.05, 0) is 38.4 Å². The summed E-state index contributed by atoms with van der Waals surface area (Å²) in [4.78, 5) is 2.25. The molecule has 0 aromatic heterocycles. The van der Waals surface area contributed by atoms with Gasteiger partial charge in [0.05, 0.1) is 13.2 Å². The first-order valence-corrected chi connectivity index (χ1v) is 7.79. The molecule has 20 heavy (non-hydrogen) atoms. The van der Waals surface area contributed by atoms with E-state index < -0.39 is 0 Å². The van der Waals surface area contributed by atoms with Crippen LogP contribution in [-0.2, 0) is 6.54 Å². The van der Waals surface area contributed by atoms with Gasteiger partial charge in [-0.1, -0.05) is 22.4 Å². The van der Waals surface area contributed by atoms with Crippen molar-refractivity contribution < 1.29 is 14.9 Å². The van der Waals surface area contributed by atoms with E-state index in [4.69, 9.17) is 4.74 Å². The Morgan fingerprint density at radius 2 is 2.20 bits per heavy atom. The van der Waals surface area contributed by atoms with Gasteiger partial charge in [0.15, 0.2) is 11.5 Å². The number of ether oxygens (including phenoxy) is 1. The third-order valence-electron chi connectivity index (χ3n) is 3.93. The molecular weight excluding hydrogens is 322 g/mol. The first-order chi connectivity index (χ1) is 9.52. The number of hydrogen-bond donors (Lipinski definition) is 2. The van der Waals surface area contributed by atoms with Crippen LogP contribution in [0.1, 0.15) is 31.7 Å². The highest BCUT2D eigenvalue weighted by Crippen LogP contribution is 2.35. The van der Waals surface area contributed by atoms with Gasteiger partial charge in [-0.15, -0.1) is 0 Å². The molecule has 1 fully saturated rings. The number of hydrogen-bond acceptors (Lipinski definition) is 4. The number of benzene rings is 1. The highest BCUT2D eigenvalue weighted by molar-refractivity contribution is 9.10. The van der Waals surface area contributed by atoms with Crippen LogP contribution in [0.2, 0.25) is 0 Å². The summed E-state index contributed by atoms with van der Waals surface area (Å²) in [5.74, 6) is 0.658. The first-order valence-electron chi connectivity index (χ1n) is 7.00. The van der Waals surface area contributed by atoms with Gasteiger partial charge in [0.2, 0.25) is 0 Å². The summed E-state index contributed by atoms with van der Waals surface area (Å²) in [7, 11) is 1.55. The average Bonchev–Trinajstić information content (AvgIpc) is 2.42. The number of nitrogens with zero attached hydrogens (tertiary/aromatic N) is 1. The maximum absolute atomic E-state index is 10.2. The average molecular weight is 344 g/mol. The fourth-order valence-corrected chi connectivity index (χ4v) is 3.37. The molecule has 0 amide bonds. The minimum absolute atomic E-state index is 0.160. The summed E-state index contributed by atoms with van der Waals surface area (Å²) >= 11 is 3.44. The summed E-state index contributed by atoms with van der Waals surface area (Å²) < 4.78 is 6.06. The van der Waals surface area contributed by atoms with Gasteiger partial charge in [-0.3, -0.25) is 4.90 Å². The number of methoxy groups -OCH3 is 1. The molecule has 0 spiro atoms. The van der Waals surface area contributed by atoms with Crippen molar-refractivity contribution >= 4 is 15.9 Å². The van der Waals surface area contributed by atoms with E-state index in [2.05, 4.69) is 20.8 Å². The zero-order chi connectivity index (χ0) is 14.7. The minimum Gasteiger partial charge on any atom is -0.504 e. The van der Waals surface area contributed by atoms with Gasteiger partial charge < -0.3 is 14.9 Å². The lowest BCUT2D eigenvalue weighted by atomic mass is 9.97. The van der Waals surface area contributed by atoms with Gasteiger partial charge in [-0.2, -0.15) is 0 Å². The zero-order valence-electron chi connectivity index (χ0n) is 12.0. The van der Waals surface area contributed by atoms with Crippen LogP contribution in [0.25, 0.3) is 0 Å². The van der Waals surface area contributed by atoms with E-state index in [0.29, 0.717) is 12.3 Å². The summed E-state index contributed by atoms with van der Waals surface area (Å²) in [5.41, 5.74) is 0.823. The Labute approximate surface area is 128 Å². The molecule has 0 aliphatic carbocycles. The van der Waals surface area contributed by atoms with E-state index in [9.17, 15) is 10.2 Å². The van der Waals surface area contributed by atoms with Gasteiger partial charge >= 0.3 is 0 Å². The predicted octanol–water partition coefficient (Wildman–Crippen LogP) is 2.90. The Bertz CT molecular complexity index is 465. The molecule has 112 valence electrons. The van der Waals surface area contributed by atoms with Crippen molar-refractivity contribution in [1.29, 1.82) is 0 Å². The second-order valence-corrected chi connectivity index (χ2v) is 6.31. The van der Waals surface area contributed by atoms with Gasteiger partial charge in [0, 0.05) is 22.6 Å². The molecular formula is C15H22BrNO3. The van der Waals surface area contributed by atoms with E-state index in [1.807, 2.05) is 13.0 Å². The number of phenols is 1. The van der Waals surface area contributed by atoms with Crippen molar-refractivity contribution in [3.63, 3.8) is 0 Å². The Kier molecular flexibility index (Phi) is 5.29. The molecule has 1 aliphatic rings. The lowest BCUT2D eigenvalue weighted by Crippen LogP contribution is -2.45. The maximum atomic E-state index is 10.2. The molecule has 2 atom stereocenters. The first kappa shape index (κ1) is 15.6. The largest absolute Gasteiger partial charge is 0.504 e. The monoisotopic (exact) mass is 343 g/mol. The molecule has 2 unspecified atom stereocenters. The number of piperidine rings is 1. The van der Waals surface area contributed by atoms with E-state index in [0.717, 1.165) is 35.8 Å². The van der Waals surface area contributed by atoms with Crippen LogP contribution in [-0.4, -0.2) is 40.9 Å². The van der Waals surface area contributed by atoms with Crippen LogP contribution in [0.4, 0.5) is 0 Å². The molecule has 2 rings (SSSR count). The van der Waals surface area contributed by atoms with Crippen LogP contribution in [0.15, 0.2) is 16.6 Å². The molecule has 0 bridgehead atoms. The quantitative estimate of drug-likeness (QED) is 0.882. The van der Waals surface area contributed by atoms with Gasteiger partial charge in [0.25, 0.3) is 0 Å². The molecule has 0 radical (unpaired) electrons. The summed E-state index contributed by atoms with van der Waals surface area (Å²) in [6, 6.07) is 3.82. The second-order valence-electron chi connectivity index (χ2n) is 5.39. The maximum Gasteiger partial charge on any atom is 0.162 e. The Morgan fingerprint density at radius 1 is 1.45 bits per heavy atom. The third-order valence-corrected chi connectivity index (χ3v) is 4.39. The van der Waals surface area contributed by atoms with Crippen LogP contribution in [0, 0.1) is 0 Å². The summed E-state index contributed by atoms with van der Waals surface area (Å²) in [6.45, 7) is 3.41. The van der Waals surface area contributed by atoms with Gasteiger partial charge in [-0.25, -0.2) is 0 Å². The fourth-order valence-electron chi connectivity index (χ4n) is 2.88. The standard InChI is InChI=1S/C15H22BrNO3/c1-10(18)13-5-3-4-6-17(13)9-11-7-12(16)8-14(20-2)15(11)19/h7-8,10,13,18-19H,3-6,9H2,1-2H3. The minimum atomic E-state index is -0.355. The predicted molar refractivity (Wildman–Crippen MR) is 82.1 cm³/mol. The number of aromatic hydroxyl groups is 1. The number of phenolic OH excluding ortho intramolecular Hbond substituents is 1. The van der Waals surface area contributed by atoms with E-state index in [-0.39, 0.29) is 17.9 Å². The highest BCUT2D eigenvalue weighted by Gasteiger charge is 2.27. The van der Waals surface area contributed by atoms with Crippen molar-refractivity contribution in [3.05, 3.63) is 22.2 Å². The Balaban J connectivity index is 2.22. The van der Waals surface area contributed by atoms with Crippen LogP contribution < -0.4 is 4.74 Å². The topological polar surface area (TPSA) is 52.9 Å². The lowest BCUT2D eigenvalue weighted by molar-refractivity contribution is 0.0312. The molecule has 1 aromatic carbocycles. The number of aliphatic hydroxyl groups is 1. The molecule has 5 heteroatoms. The molecule has 1 saturated heterocycles. The Morgan fingerprint density at radius 3 is 2.85 bits per heavy atom. The van der Waals surface area contributed by atoms with Gasteiger partial charge in [0.1, 0.15) is 0 Å². The van der Waals surface area contributed by atoms with Crippen molar-refractivity contribution in [2.45, 2.75) is 44.9 Å². The third kappa shape index (κ3) is 3.45. The highest BCUT2D eigenvalue weighted by atomic mass is 79.9. The van der Waals surface area contributed by atoms with Crippen molar-refractivity contribution in [2.24, 2.45) is 0 Å². The summed E-state index contributed by atoms with van der Waals surface area (Å²) in [5, 5.41) is 20.1. The van der Waals surface area contributed by atoms with Crippen LogP contribution in [0.3, 0.4) is 0 Å². The number of likely N-dealkylation sites (tertiary alicyclic amines) is 1. The molecule has 0 saturated carbocycles. The Hall–Kier alpha value is -0.780. The van der Waals surface area contributed by atoms with E-state index in [1.54, 1.807) is 13.2 Å². The molecule has 1 aromatic rings. The second kappa shape index (κ2) is 6.78.